The van der Waals surface area contributed by atoms with Gasteiger partial charge in [0, 0.05) is 18.2 Å². The van der Waals surface area contributed by atoms with Crippen LogP contribution in [0.3, 0.4) is 0 Å². The van der Waals surface area contributed by atoms with E-state index in [0.29, 0.717) is 11.6 Å². The van der Waals surface area contributed by atoms with Gasteiger partial charge in [-0.1, -0.05) is 41.9 Å². The van der Waals surface area contributed by atoms with Gasteiger partial charge in [-0.25, -0.2) is 0 Å². The molecule has 2 aromatic carbocycles. The molecule has 0 radical (unpaired) electrons. The summed E-state index contributed by atoms with van der Waals surface area (Å²) in [6, 6.07) is 14.1. The van der Waals surface area contributed by atoms with Gasteiger partial charge < -0.3 is 14.8 Å². The minimum atomic E-state index is 0.0469. The summed E-state index contributed by atoms with van der Waals surface area (Å²) in [5.41, 5.74) is 3.07. The lowest BCUT2D eigenvalue weighted by Crippen LogP contribution is -2.16. The van der Waals surface area contributed by atoms with Crippen molar-refractivity contribution < 1.29 is 9.47 Å². The number of ether oxygens (including phenoxy) is 2. The molecule has 0 saturated heterocycles. The van der Waals surface area contributed by atoms with E-state index in [1.807, 2.05) is 37.3 Å². The Morgan fingerprint density at radius 1 is 1.14 bits per heavy atom. The van der Waals surface area contributed by atoms with E-state index in [0.717, 1.165) is 22.6 Å². The zero-order valence-electron chi connectivity index (χ0n) is 12.5. The van der Waals surface area contributed by atoms with Crippen molar-refractivity contribution in [2.24, 2.45) is 0 Å². The van der Waals surface area contributed by atoms with Crippen molar-refractivity contribution in [1.29, 1.82) is 0 Å². The van der Waals surface area contributed by atoms with Crippen LogP contribution in [0.5, 0.6) is 5.75 Å². The molecule has 1 unspecified atom stereocenters. The van der Waals surface area contributed by atoms with Crippen LogP contribution in [0.1, 0.15) is 17.2 Å². The molecule has 3 nitrogen and oxygen atoms in total. The first kappa shape index (κ1) is 15.7. The molecule has 0 heterocycles. The highest BCUT2D eigenvalue weighted by molar-refractivity contribution is 6.31. The zero-order valence-corrected chi connectivity index (χ0v) is 13.3. The van der Waals surface area contributed by atoms with Crippen LogP contribution in [0.2, 0.25) is 5.02 Å². The van der Waals surface area contributed by atoms with Crippen molar-refractivity contribution in [2.45, 2.75) is 13.0 Å². The van der Waals surface area contributed by atoms with Crippen LogP contribution in [0.4, 0.5) is 5.69 Å². The number of rotatable bonds is 6. The normalized spacial score (nSPS) is 12.0. The lowest BCUT2D eigenvalue weighted by Gasteiger charge is -2.22. The van der Waals surface area contributed by atoms with Crippen molar-refractivity contribution in [3.05, 3.63) is 58.6 Å². The third kappa shape index (κ3) is 3.90. The number of nitrogens with one attached hydrogen (secondary N) is 1. The van der Waals surface area contributed by atoms with Crippen molar-refractivity contribution in [2.75, 3.05) is 26.1 Å². The van der Waals surface area contributed by atoms with E-state index >= 15 is 0 Å². The second-order valence-corrected chi connectivity index (χ2v) is 5.27. The van der Waals surface area contributed by atoms with Crippen molar-refractivity contribution >= 4 is 17.3 Å². The Bertz CT molecular complexity index is 587. The molecule has 4 heteroatoms. The van der Waals surface area contributed by atoms with Crippen molar-refractivity contribution in [1.82, 2.24) is 0 Å². The standard InChI is InChI=1S/C17H20ClNO2/c1-12-9-15(17(21-3)10-14(12)18)19-16(11-20-2)13-7-5-4-6-8-13/h4-10,16,19H,11H2,1-3H3. The molecule has 0 bridgehead atoms. The molecule has 0 aliphatic carbocycles. The van der Waals surface area contributed by atoms with E-state index in [1.54, 1.807) is 14.2 Å². The first-order valence-corrected chi connectivity index (χ1v) is 7.18. The van der Waals surface area contributed by atoms with E-state index < -0.39 is 0 Å². The molecule has 21 heavy (non-hydrogen) atoms. The third-order valence-corrected chi connectivity index (χ3v) is 3.75. The first-order chi connectivity index (χ1) is 10.2. The van der Waals surface area contributed by atoms with Crippen LogP contribution in [-0.2, 0) is 4.74 Å². The Balaban J connectivity index is 2.31. The first-order valence-electron chi connectivity index (χ1n) is 6.80. The maximum atomic E-state index is 6.15. The number of halogens is 1. The number of aryl methyl sites for hydroxylation is 1. The summed E-state index contributed by atoms with van der Waals surface area (Å²) in [5.74, 6) is 0.725. The molecule has 0 aromatic heterocycles. The third-order valence-electron chi connectivity index (χ3n) is 3.35. The summed E-state index contributed by atoms with van der Waals surface area (Å²) in [7, 11) is 3.34. The predicted molar refractivity (Wildman–Crippen MR) is 87.4 cm³/mol. The second kappa shape index (κ2) is 7.34. The summed E-state index contributed by atoms with van der Waals surface area (Å²) < 4.78 is 10.7. The van der Waals surface area contributed by atoms with Crippen LogP contribution in [0.25, 0.3) is 0 Å². The van der Waals surface area contributed by atoms with Crippen molar-refractivity contribution in [3.8, 4) is 5.75 Å². The fourth-order valence-corrected chi connectivity index (χ4v) is 2.36. The highest BCUT2D eigenvalue weighted by Gasteiger charge is 2.14. The molecule has 0 aliphatic heterocycles. The van der Waals surface area contributed by atoms with Crippen LogP contribution in [0.15, 0.2) is 42.5 Å². The van der Waals surface area contributed by atoms with Crippen LogP contribution in [0, 0.1) is 6.92 Å². The average molecular weight is 306 g/mol. The van der Waals surface area contributed by atoms with Crippen LogP contribution >= 0.6 is 11.6 Å². The monoisotopic (exact) mass is 305 g/mol. The van der Waals surface area contributed by atoms with Gasteiger partial charge in [-0.15, -0.1) is 0 Å². The van der Waals surface area contributed by atoms with Gasteiger partial charge in [0.2, 0.25) is 0 Å². The Kier molecular flexibility index (Phi) is 5.48. The molecular weight excluding hydrogens is 286 g/mol. The molecule has 0 saturated carbocycles. The van der Waals surface area contributed by atoms with Gasteiger partial charge in [-0.2, -0.15) is 0 Å². The van der Waals surface area contributed by atoms with E-state index in [-0.39, 0.29) is 6.04 Å². The quantitative estimate of drug-likeness (QED) is 0.855. The molecule has 0 aliphatic rings. The SMILES string of the molecule is COCC(Nc1cc(C)c(Cl)cc1OC)c1ccccc1. The van der Waals surface area contributed by atoms with Gasteiger partial charge in [-0.3, -0.25) is 0 Å². The second-order valence-electron chi connectivity index (χ2n) is 4.86. The zero-order chi connectivity index (χ0) is 15.2. The van der Waals surface area contributed by atoms with Crippen LogP contribution < -0.4 is 10.1 Å². The molecular formula is C17H20ClNO2. The summed E-state index contributed by atoms with van der Waals surface area (Å²) in [6.45, 7) is 2.54. The number of methoxy groups -OCH3 is 2. The highest BCUT2D eigenvalue weighted by Crippen LogP contribution is 2.33. The Morgan fingerprint density at radius 3 is 2.48 bits per heavy atom. The molecule has 2 aromatic rings. The molecule has 0 spiro atoms. The molecule has 0 amide bonds. The number of benzene rings is 2. The molecule has 2 rings (SSSR count). The van der Waals surface area contributed by atoms with E-state index in [4.69, 9.17) is 21.1 Å². The minimum absolute atomic E-state index is 0.0469. The van der Waals surface area contributed by atoms with Gasteiger partial charge in [-0.05, 0) is 24.1 Å². The summed E-state index contributed by atoms with van der Waals surface area (Å²) in [5, 5.41) is 4.17. The lowest BCUT2D eigenvalue weighted by molar-refractivity contribution is 0.186. The maximum absolute atomic E-state index is 6.15. The topological polar surface area (TPSA) is 30.5 Å². The number of hydrogen-bond acceptors (Lipinski definition) is 3. The van der Waals surface area contributed by atoms with Gasteiger partial charge >= 0.3 is 0 Å². The van der Waals surface area contributed by atoms with Crippen LogP contribution in [-0.4, -0.2) is 20.8 Å². The molecule has 112 valence electrons. The van der Waals surface area contributed by atoms with Crippen molar-refractivity contribution in [3.63, 3.8) is 0 Å². The van der Waals surface area contributed by atoms with E-state index in [1.165, 1.54) is 0 Å². The van der Waals surface area contributed by atoms with Gasteiger partial charge in [0.15, 0.2) is 0 Å². The molecule has 0 fully saturated rings. The summed E-state index contributed by atoms with van der Waals surface area (Å²) in [6.07, 6.45) is 0. The molecule has 1 atom stereocenters. The average Bonchev–Trinajstić information content (AvgIpc) is 2.51. The van der Waals surface area contributed by atoms with Gasteiger partial charge in [0.1, 0.15) is 5.75 Å². The molecule has 1 N–H and O–H groups in total. The predicted octanol–water partition coefficient (Wildman–Crippen LogP) is 4.46. The fraction of sp³-hybridized carbons (Fsp3) is 0.294. The van der Waals surface area contributed by atoms with Gasteiger partial charge in [0.05, 0.1) is 25.4 Å². The van der Waals surface area contributed by atoms with Gasteiger partial charge in [0.25, 0.3) is 0 Å². The smallest absolute Gasteiger partial charge is 0.143 e. The fourth-order valence-electron chi connectivity index (χ4n) is 2.21. The Hall–Kier alpha value is -1.71. The Labute approximate surface area is 130 Å². The minimum Gasteiger partial charge on any atom is -0.495 e. The maximum Gasteiger partial charge on any atom is 0.143 e. The summed E-state index contributed by atoms with van der Waals surface area (Å²) >= 11 is 6.15. The highest BCUT2D eigenvalue weighted by atomic mass is 35.5. The lowest BCUT2D eigenvalue weighted by atomic mass is 10.1. The van der Waals surface area contributed by atoms with E-state index in [2.05, 4.69) is 17.4 Å². The Morgan fingerprint density at radius 2 is 1.86 bits per heavy atom. The van der Waals surface area contributed by atoms with E-state index in [9.17, 15) is 0 Å². The number of hydrogen-bond donors (Lipinski definition) is 1. The number of anilines is 1. The largest absolute Gasteiger partial charge is 0.495 e. The summed E-state index contributed by atoms with van der Waals surface area (Å²) in [4.78, 5) is 0.